The van der Waals surface area contributed by atoms with E-state index in [2.05, 4.69) is 0 Å². The molecule has 2 aliphatic rings. The molecule has 1 amide bonds. The Kier molecular flexibility index (Phi) is 4.92. The van der Waals surface area contributed by atoms with Crippen molar-refractivity contribution in [3.63, 3.8) is 0 Å². The number of amides is 1. The molecule has 122 valence electrons. The highest BCUT2D eigenvalue weighted by atomic mass is 32.2. The largest absolute Gasteiger partial charge is 0.504 e. The summed E-state index contributed by atoms with van der Waals surface area (Å²) >= 11 is 6.72. The van der Waals surface area contributed by atoms with Gasteiger partial charge in [-0.15, -0.1) is 0 Å². The van der Waals surface area contributed by atoms with Gasteiger partial charge in [-0.05, 0) is 25.0 Å². The van der Waals surface area contributed by atoms with E-state index in [9.17, 15) is 9.90 Å². The molecule has 1 aromatic rings. The molecule has 0 unspecified atom stereocenters. The molecule has 1 aliphatic carbocycles. The first-order valence-corrected chi connectivity index (χ1v) is 8.97. The first-order valence-electron chi connectivity index (χ1n) is 7.75. The van der Waals surface area contributed by atoms with E-state index in [0.717, 1.165) is 25.7 Å². The summed E-state index contributed by atoms with van der Waals surface area (Å²) in [5.41, 5.74) is 0.563. The zero-order chi connectivity index (χ0) is 16.4. The van der Waals surface area contributed by atoms with E-state index in [1.54, 1.807) is 29.2 Å². The van der Waals surface area contributed by atoms with Crippen LogP contribution in [0.2, 0.25) is 0 Å². The number of nitrogens with zero attached hydrogens (tertiary/aromatic N) is 1. The number of carbonyl (C=O) groups is 1. The summed E-state index contributed by atoms with van der Waals surface area (Å²) in [6.45, 7) is 0. The predicted octanol–water partition coefficient (Wildman–Crippen LogP) is 3.93. The molecular formula is C17H19NO3S2. The minimum Gasteiger partial charge on any atom is -0.504 e. The van der Waals surface area contributed by atoms with Gasteiger partial charge in [0, 0.05) is 11.6 Å². The van der Waals surface area contributed by atoms with Crippen molar-refractivity contribution in [1.29, 1.82) is 0 Å². The van der Waals surface area contributed by atoms with Crippen LogP contribution in [0.15, 0.2) is 23.1 Å². The zero-order valence-electron chi connectivity index (χ0n) is 12.9. The molecule has 0 radical (unpaired) electrons. The van der Waals surface area contributed by atoms with E-state index in [4.69, 9.17) is 17.0 Å². The van der Waals surface area contributed by atoms with Crippen LogP contribution in [0.3, 0.4) is 0 Å². The summed E-state index contributed by atoms with van der Waals surface area (Å²) in [5.74, 6) is 0.383. The number of thiocarbonyl (C=S) groups is 1. The van der Waals surface area contributed by atoms with E-state index in [1.165, 1.54) is 25.3 Å². The van der Waals surface area contributed by atoms with Gasteiger partial charge in [0.15, 0.2) is 11.5 Å². The molecule has 0 aromatic heterocycles. The molecule has 0 atom stereocenters. The highest BCUT2D eigenvalue weighted by molar-refractivity contribution is 8.26. The minimum absolute atomic E-state index is 0.0398. The van der Waals surface area contributed by atoms with E-state index in [0.29, 0.717) is 20.5 Å². The monoisotopic (exact) mass is 349 g/mol. The summed E-state index contributed by atoms with van der Waals surface area (Å²) in [4.78, 5) is 15.0. The number of phenolic OH excluding ortho intramolecular Hbond substituents is 1. The molecule has 0 bridgehead atoms. The standard InChI is InChI=1S/C17H19NO3S2/c1-21-13-9-5-6-11(15(13)19)10-14-16(20)18(17(22)23-14)12-7-3-2-4-8-12/h5-6,9-10,12,19H,2-4,7-8H2,1H3/b14-10-. The number of carbonyl (C=O) groups excluding carboxylic acids is 1. The number of methoxy groups -OCH3 is 1. The molecule has 1 aromatic carbocycles. The second-order valence-electron chi connectivity index (χ2n) is 5.74. The fourth-order valence-corrected chi connectivity index (χ4v) is 4.49. The van der Waals surface area contributed by atoms with Crippen molar-refractivity contribution in [3.05, 3.63) is 28.7 Å². The van der Waals surface area contributed by atoms with Gasteiger partial charge in [-0.2, -0.15) is 0 Å². The van der Waals surface area contributed by atoms with Crippen molar-refractivity contribution in [1.82, 2.24) is 4.90 Å². The molecule has 4 nitrogen and oxygen atoms in total. The maximum absolute atomic E-state index is 12.7. The Hall–Kier alpha value is -1.53. The van der Waals surface area contributed by atoms with Crippen LogP contribution in [0.1, 0.15) is 37.7 Å². The van der Waals surface area contributed by atoms with Crippen molar-refractivity contribution in [2.75, 3.05) is 7.11 Å². The molecule has 0 spiro atoms. The Balaban J connectivity index is 1.87. The molecule has 1 aliphatic heterocycles. The van der Waals surface area contributed by atoms with Crippen LogP contribution in [-0.4, -0.2) is 33.4 Å². The fraction of sp³-hybridized carbons (Fsp3) is 0.412. The van der Waals surface area contributed by atoms with Crippen molar-refractivity contribution in [2.45, 2.75) is 38.1 Å². The number of phenols is 1. The molecule has 3 rings (SSSR count). The van der Waals surface area contributed by atoms with Crippen LogP contribution in [-0.2, 0) is 4.79 Å². The van der Waals surface area contributed by atoms with Crippen LogP contribution >= 0.6 is 24.0 Å². The number of aromatic hydroxyl groups is 1. The van der Waals surface area contributed by atoms with Gasteiger partial charge < -0.3 is 9.84 Å². The average molecular weight is 349 g/mol. The number of ether oxygens (including phenoxy) is 1. The van der Waals surface area contributed by atoms with Crippen LogP contribution in [0.25, 0.3) is 6.08 Å². The lowest BCUT2D eigenvalue weighted by atomic mass is 9.94. The van der Waals surface area contributed by atoms with Gasteiger partial charge in [-0.25, -0.2) is 0 Å². The molecule has 1 saturated heterocycles. The van der Waals surface area contributed by atoms with Gasteiger partial charge >= 0.3 is 0 Å². The van der Waals surface area contributed by atoms with E-state index in [-0.39, 0.29) is 17.7 Å². The molecule has 23 heavy (non-hydrogen) atoms. The van der Waals surface area contributed by atoms with Gasteiger partial charge in [-0.3, -0.25) is 9.69 Å². The lowest BCUT2D eigenvalue weighted by Crippen LogP contribution is -2.39. The first-order chi connectivity index (χ1) is 11.1. The lowest BCUT2D eigenvalue weighted by molar-refractivity contribution is -0.124. The summed E-state index contributed by atoms with van der Waals surface area (Å²) < 4.78 is 5.73. The van der Waals surface area contributed by atoms with Crippen molar-refractivity contribution < 1.29 is 14.6 Å². The van der Waals surface area contributed by atoms with Gasteiger partial charge in [-0.1, -0.05) is 55.4 Å². The lowest BCUT2D eigenvalue weighted by Gasteiger charge is -2.29. The zero-order valence-corrected chi connectivity index (χ0v) is 14.6. The Labute approximate surface area is 145 Å². The topological polar surface area (TPSA) is 49.8 Å². The van der Waals surface area contributed by atoms with Crippen LogP contribution in [0.4, 0.5) is 0 Å². The summed E-state index contributed by atoms with van der Waals surface area (Å²) in [6.07, 6.45) is 7.27. The quantitative estimate of drug-likeness (QED) is 0.662. The maximum Gasteiger partial charge on any atom is 0.266 e. The molecule has 1 saturated carbocycles. The second kappa shape index (κ2) is 6.93. The Morgan fingerprint density at radius 2 is 2.09 bits per heavy atom. The number of hydrogen-bond acceptors (Lipinski definition) is 5. The highest BCUT2D eigenvalue weighted by Gasteiger charge is 2.37. The van der Waals surface area contributed by atoms with Gasteiger partial charge in [0.1, 0.15) is 4.32 Å². The van der Waals surface area contributed by atoms with E-state index < -0.39 is 0 Å². The smallest absolute Gasteiger partial charge is 0.266 e. The van der Waals surface area contributed by atoms with Crippen LogP contribution in [0, 0.1) is 0 Å². The van der Waals surface area contributed by atoms with Crippen molar-refractivity contribution in [2.24, 2.45) is 0 Å². The maximum atomic E-state index is 12.7. The van der Waals surface area contributed by atoms with Gasteiger partial charge in [0.2, 0.25) is 0 Å². The number of hydrogen-bond donors (Lipinski definition) is 1. The average Bonchev–Trinajstić information content (AvgIpc) is 2.84. The first kappa shape index (κ1) is 16.3. The predicted molar refractivity (Wildman–Crippen MR) is 96.5 cm³/mol. The number of para-hydroxylation sites is 1. The molecule has 2 fully saturated rings. The summed E-state index contributed by atoms with van der Waals surface area (Å²) in [6, 6.07) is 5.44. The SMILES string of the molecule is COc1cccc(/C=C2\SC(=S)N(C3CCCCC3)C2=O)c1O. The van der Waals surface area contributed by atoms with E-state index in [1.807, 2.05) is 0 Å². The summed E-state index contributed by atoms with van der Waals surface area (Å²) in [7, 11) is 1.50. The third-order valence-electron chi connectivity index (χ3n) is 4.30. The molecular weight excluding hydrogens is 330 g/mol. The molecule has 1 heterocycles. The number of thioether (sulfide) groups is 1. The van der Waals surface area contributed by atoms with Crippen molar-refractivity contribution >= 4 is 40.3 Å². The van der Waals surface area contributed by atoms with Crippen LogP contribution < -0.4 is 4.74 Å². The highest BCUT2D eigenvalue weighted by Crippen LogP contribution is 2.39. The van der Waals surface area contributed by atoms with Gasteiger partial charge in [0.25, 0.3) is 5.91 Å². The fourth-order valence-electron chi connectivity index (χ4n) is 3.10. The van der Waals surface area contributed by atoms with E-state index >= 15 is 0 Å². The second-order valence-corrected chi connectivity index (χ2v) is 7.42. The molecule has 6 heteroatoms. The minimum atomic E-state index is -0.0471. The Morgan fingerprint density at radius 3 is 2.78 bits per heavy atom. The van der Waals surface area contributed by atoms with Crippen LogP contribution in [0.5, 0.6) is 11.5 Å². The number of rotatable bonds is 3. The Bertz CT molecular complexity index is 666. The Morgan fingerprint density at radius 1 is 1.35 bits per heavy atom. The van der Waals surface area contributed by atoms with Crippen molar-refractivity contribution in [3.8, 4) is 11.5 Å². The third-order valence-corrected chi connectivity index (χ3v) is 5.63. The molecule has 1 N–H and O–H groups in total. The van der Waals surface area contributed by atoms with Gasteiger partial charge in [0.05, 0.1) is 12.0 Å². The normalized spacial score (nSPS) is 21.3. The number of benzene rings is 1. The third kappa shape index (κ3) is 3.23. The summed E-state index contributed by atoms with van der Waals surface area (Å²) in [5, 5.41) is 10.2.